The first-order valence-corrected chi connectivity index (χ1v) is 5.82. The van der Waals surface area contributed by atoms with Crippen LogP contribution in [0.5, 0.6) is 5.75 Å². The molecule has 0 atom stereocenters. The molecule has 0 saturated carbocycles. The minimum atomic E-state index is -0.0121. The molecule has 6 nitrogen and oxygen atoms in total. The summed E-state index contributed by atoms with van der Waals surface area (Å²) >= 11 is 5.99. The molecule has 1 heterocycles. The molecule has 0 aliphatic rings. The van der Waals surface area contributed by atoms with E-state index in [0.717, 1.165) is 0 Å². The number of hydrogen-bond donors (Lipinski definition) is 2. The Labute approximate surface area is 115 Å². The Hall–Kier alpha value is -2.21. The number of hydrogen-bond acceptors (Lipinski definition) is 4. The van der Waals surface area contributed by atoms with E-state index in [2.05, 4.69) is 10.3 Å². The van der Waals surface area contributed by atoms with E-state index in [4.69, 9.17) is 27.3 Å². The molecule has 19 heavy (non-hydrogen) atoms. The summed E-state index contributed by atoms with van der Waals surface area (Å²) in [4.78, 5) is 0. The van der Waals surface area contributed by atoms with Crippen molar-refractivity contribution in [2.75, 3.05) is 7.11 Å². The largest absolute Gasteiger partial charge is 0.497 e. The Morgan fingerprint density at radius 2 is 2.26 bits per heavy atom. The number of oxime groups is 1. The third kappa shape index (κ3) is 2.48. The fraction of sp³-hybridized carbons (Fsp3) is 0.167. The van der Waals surface area contributed by atoms with Gasteiger partial charge in [-0.2, -0.15) is 5.10 Å². The van der Waals surface area contributed by atoms with E-state index in [-0.39, 0.29) is 5.84 Å². The molecule has 2 rings (SSSR count). The van der Waals surface area contributed by atoms with Crippen LogP contribution in [0.4, 0.5) is 0 Å². The second kappa shape index (κ2) is 5.19. The van der Waals surface area contributed by atoms with Gasteiger partial charge in [-0.25, -0.2) is 4.68 Å². The lowest BCUT2D eigenvalue weighted by Gasteiger charge is -2.10. The fourth-order valence-electron chi connectivity index (χ4n) is 1.66. The van der Waals surface area contributed by atoms with E-state index in [1.165, 1.54) is 0 Å². The number of halogens is 1. The predicted molar refractivity (Wildman–Crippen MR) is 72.4 cm³/mol. The zero-order valence-electron chi connectivity index (χ0n) is 10.5. The number of aromatic nitrogens is 2. The number of nitrogens with zero attached hydrogens (tertiary/aromatic N) is 3. The molecular formula is C12H13ClN4O2. The maximum absolute atomic E-state index is 8.82. The van der Waals surface area contributed by atoms with Gasteiger partial charge >= 0.3 is 0 Å². The Balaban J connectivity index is 2.64. The average Bonchev–Trinajstić information content (AvgIpc) is 2.77. The molecule has 1 aromatic carbocycles. The van der Waals surface area contributed by atoms with Gasteiger partial charge in [-0.1, -0.05) is 16.8 Å². The summed E-state index contributed by atoms with van der Waals surface area (Å²) in [5, 5.41) is 16.6. The molecule has 7 heteroatoms. The number of methoxy groups -OCH3 is 1. The van der Waals surface area contributed by atoms with Gasteiger partial charge in [-0.3, -0.25) is 0 Å². The summed E-state index contributed by atoms with van der Waals surface area (Å²) in [5.41, 5.74) is 7.49. The van der Waals surface area contributed by atoms with E-state index < -0.39 is 0 Å². The number of ether oxygens (including phenoxy) is 1. The topological polar surface area (TPSA) is 85.7 Å². The lowest BCUT2D eigenvalue weighted by molar-refractivity contribution is 0.318. The van der Waals surface area contributed by atoms with Crippen molar-refractivity contribution in [3.63, 3.8) is 0 Å². The third-order valence-electron chi connectivity index (χ3n) is 2.67. The van der Waals surface area contributed by atoms with Crippen molar-refractivity contribution < 1.29 is 9.94 Å². The van der Waals surface area contributed by atoms with Crippen molar-refractivity contribution in [3.8, 4) is 11.4 Å². The van der Waals surface area contributed by atoms with Crippen molar-refractivity contribution in [2.45, 2.75) is 6.92 Å². The lowest BCUT2D eigenvalue weighted by Crippen LogP contribution is -2.16. The van der Waals surface area contributed by atoms with Crippen LogP contribution < -0.4 is 10.5 Å². The van der Waals surface area contributed by atoms with Gasteiger partial charge in [0.25, 0.3) is 0 Å². The van der Waals surface area contributed by atoms with Crippen molar-refractivity contribution in [2.24, 2.45) is 10.9 Å². The molecule has 0 fully saturated rings. The van der Waals surface area contributed by atoms with Gasteiger partial charge in [-0.05, 0) is 19.1 Å². The first-order chi connectivity index (χ1) is 9.06. The van der Waals surface area contributed by atoms with Crippen LogP contribution in [0.2, 0.25) is 5.02 Å². The van der Waals surface area contributed by atoms with Gasteiger partial charge in [0.2, 0.25) is 0 Å². The van der Waals surface area contributed by atoms with Crippen molar-refractivity contribution in [1.29, 1.82) is 0 Å². The van der Waals surface area contributed by atoms with Crippen LogP contribution in [-0.2, 0) is 0 Å². The number of rotatable bonds is 3. The van der Waals surface area contributed by atoms with Gasteiger partial charge < -0.3 is 15.7 Å². The van der Waals surface area contributed by atoms with Crippen LogP contribution in [-0.4, -0.2) is 27.9 Å². The normalized spacial score (nSPS) is 11.6. The minimum absolute atomic E-state index is 0.0121. The van der Waals surface area contributed by atoms with E-state index in [9.17, 15) is 0 Å². The predicted octanol–water partition coefficient (Wildman–Crippen LogP) is 1.94. The Morgan fingerprint density at radius 1 is 1.53 bits per heavy atom. The molecule has 0 spiro atoms. The van der Waals surface area contributed by atoms with E-state index >= 15 is 0 Å². The smallest absolute Gasteiger partial charge is 0.172 e. The van der Waals surface area contributed by atoms with Gasteiger partial charge in [0.05, 0.1) is 23.5 Å². The van der Waals surface area contributed by atoms with Gasteiger partial charge in [0.15, 0.2) is 5.84 Å². The van der Waals surface area contributed by atoms with E-state index in [1.807, 2.05) is 0 Å². The van der Waals surface area contributed by atoms with Gasteiger partial charge in [-0.15, -0.1) is 0 Å². The van der Waals surface area contributed by atoms with E-state index in [0.29, 0.717) is 27.7 Å². The van der Waals surface area contributed by atoms with Crippen LogP contribution in [0.3, 0.4) is 0 Å². The summed E-state index contributed by atoms with van der Waals surface area (Å²) in [6.45, 7) is 1.79. The summed E-state index contributed by atoms with van der Waals surface area (Å²) < 4.78 is 6.73. The molecule has 100 valence electrons. The van der Waals surface area contributed by atoms with Crippen LogP contribution in [0.25, 0.3) is 5.69 Å². The van der Waals surface area contributed by atoms with Gasteiger partial charge in [0.1, 0.15) is 5.75 Å². The molecule has 2 aromatic rings. The summed E-state index contributed by atoms with van der Waals surface area (Å²) in [6, 6.07) is 5.14. The van der Waals surface area contributed by atoms with Crippen LogP contribution in [0.1, 0.15) is 11.3 Å². The minimum Gasteiger partial charge on any atom is -0.497 e. The molecule has 0 bridgehead atoms. The zero-order valence-corrected chi connectivity index (χ0v) is 11.2. The number of nitrogens with two attached hydrogens (primary N) is 1. The zero-order chi connectivity index (χ0) is 14.0. The molecule has 3 N–H and O–H groups in total. The highest BCUT2D eigenvalue weighted by atomic mass is 35.5. The highest BCUT2D eigenvalue weighted by Crippen LogP contribution is 2.23. The molecule has 0 unspecified atom stereocenters. The summed E-state index contributed by atoms with van der Waals surface area (Å²) in [5.74, 6) is 0.621. The molecule has 0 saturated heterocycles. The quantitative estimate of drug-likeness (QED) is 0.389. The molecule has 0 aliphatic carbocycles. The average molecular weight is 281 g/mol. The highest BCUT2D eigenvalue weighted by molar-refractivity contribution is 6.31. The SMILES string of the molecule is COc1ccc(/C(N)=N/O)c(-n2cc(Cl)c(C)n2)c1. The summed E-state index contributed by atoms with van der Waals surface area (Å²) in [7, 11) is 1.56. The Morgan fingerprint density at radius 3 is 2.79 bits per heavy atom. The summed E-state index contributed by atoms with van der Waals surface area (Å²) in [6.07, 6.45) is 1.65. The second-order valence-corrected chi connectivity index (χ2v) is 4.28. The molecule has 1 aromatic heterocycles. The van der Waals surface area contributed by atoms with Gasteiger partial charge in [0, 0.05) is 17.8 Å². The van der Waals surface area contributed by atoms with Crippen molar-refractivity contribution >= 4 is 17.4 Å². The molecule has 0 aliphatic heterocycles. The van der Waals surface area contributed by atoms with Crippen LogP contribution in [0.15, 0.2) is 29.6 Å². The third-order valence-corrected chi connectivity index (χ3v) is 3.05. The Bertz CT molecular complexity index is 617. The van der Waals surface area contributed by atoms with Crippen molar-refractivity contribution in [3.05, 3.63) is 40.7 Å². The Kier molecular flexibility index (Phi) is 3.62. The lowest BCUT2D eigenvalue weighted by atomic mass is 10.1. The molecule has 0 amide bonds. The highest BCUT2D eigenvalue weighted by Gasteiger charge is 2.13. The number of aryl methyl sites for hydroxylation is 1. The number of benzene rings is 1. The maximum Gasteiger partial charge on any atom is 0.172 e. The first-order valence-electron chi connectivity index (χ1n) is 5.45. The van der Waals surface area contributed by atoms with E-state index in [1.54, 1.807) is 43.1 Å². The fourth-order valence-corrected chi connectivity index (χ4v) is 1.79. The monoisotopic (exact) mass is 280 g/mol. The van der Waals surface area contributed by atoms with Crippen LogP contribution >= 0.6 is 11.6 Å². The molecular weight excluding hydrogens is 268 g/mol. The maximum atomic E-state index is 8.82. The van der Waals surface area contributed by atoms with Crippen molar-refractivity contribution in [1.82, 2.24) is 9.78 Å². The second-order valence-electron chi connectivity index (χ2n) is 3.88. The van der Waals surface area contributed by atoms with Crippen LogP contribution in [0, 0.1) is 6.92 Å². The molecule has 0 radical (unpaired) electrons. The standard InChI is InChI=1S/C12H13ClN4O2/c1-7-10(13)6-17(15-7)11-5-8(19-2)3-4-9(11)12(14)16-18/h3-6,18H,1-2H3,(H2,14,16). The number of amidine groups is 1. The first kappa shape index (κ1) is 13.2.